The maximum Gasteiger partial charge on any atom is 0.335 e. The lowest BCUT2D eigenvalue weighted by Gasteiger charge is -2.12. The van der Waals surface area contributed by atoms with E-state index in [2.05, 4.69) is 61.1 Å². The summed E-state index contributed by atoms with van der Waals surface area (Å²) < 4.78 is 70.5. The maximum atomic E-state index is 12.5. The first-order valence-corrected chi connectivity index (χ1v) is 19.7. The zero-order chi connectivity index (χ0) is 44.6. The zero-order valence-electron chi connectivity index (χ0n) is 30.7. The predicted molar refractivity (Wildman–Crippen MR) is 216 cm³/mol. The van der Waals surface area contributed by atoms with Gasteiger partial charge in [0.05, 0.1) is 11.1 Å². The van der Waals surface area contributed by atoms with Crippen LogP contribution in [0.3, 0.4) is 0 Å². The van der Waals surface area contributed by atoms with Gasteiger partial charge in [0.1, 0.15) is 9.79 Å². The predicted octanol–water partition coefficient (Wildman–Crippen LogP) is 4.72. The lowest BCUT2D eigenvalue weighted by Crippen LogP contribution is -2.09. The van der Waals surface area contributed by atoms with E-state index in [-0.39, 0.29) is 69.3 Å². The molecule has 0 spiro atoms. The van der Waals surface area contributed by atoms with E-state index < -0.39 is 42.0 Å². The van der Waals surface area contributed by atoms with Crippen LogP contribution in [0.5, 0.6) is 0 Å². The largest absolute Gasteiger partial charge is 0.478 e. The molecule has 0 aliphatic heterocycles. The van der Waals surface area contributed by atoms with Crippen molar-refractivity contribution in [1.82, 2.24) is 29.9 Å². The van der Waals surface area contributed by atoms with Crippen molar-refractivity contribution in [3.8, 4) is 0 Å². The number of hydrogen-bond acceptors (Lipinski definition) is 22. The van der Waals surface area contributed by atoms with Crippen LogP contribution in [0.1, 0.15) is 31.8 Å². The van der Waals surface area contributed by atoms with Crippen LogP contribution in [0.4, 0.5) is 58.4 Å². The first kappa shape index (κ1) is 43.6. The average molecular weight is 893 g/mol. The fourth-order valence-electron chi connectivity index (χ4n) is 5.18. The van der Waals surface area contributed by atoms with Gasteiger partial charge in [-0.05, 0) is 83.9 Å². The summed E-state index contributed by atoms with van der Waals surface area (Å²) in [5.74, 6) is -3.76. The molecule has 0 aliphatic carbocycles. The van der Waals surface area contributed by atoms with Crippen molar-refractivity contribution in [3.63, 3.8) is 0 Å². The molecular formula is C34H28N12O14S2. The summed E-state index contributed by atoms with van der Waals surface area (Å²) in [6.07, 6.45) is 2.29. The molecular weight excluding hydrogens is 865 g/mol. The molecule has 28 heteroatoms. The second-order valence-corrected chi connectivity index (χ2v) is 14.8. The van der Waals surface area contributed by atoms with Crippen molar-refractivity contribution >= 4 is 103 Å². The van der Waals surface area contributed by atoms with Gasteiger partial charge < -0.3 is 31.5 Å². The number of nitrogens with one attached hydrogen (secondary N) is 6. The highest BCUT2D eigenvalue weighted by molar-refractivity contribution is 7.86. The number of carbonyl (C=O) groups is 2. The SMILES string of the molecule is O=C(O)c1ccc(Nc2nc(NOO)nc(Nc3ccc(C=Cc4ccc(Nc5nc(NOO)nc(Nc6ccc(C(=O)O)cc6)n5)cc4S(=O)(=O)O)c(S(=O)(=O)O)c3)n2)cc1. The molecule has 0 saturated heterocycles. The number of aromatic carboxylic acids is 2. The molecule has 62 heavy (non-hydrogen) atoms. The van der Waals surface area contributed by atoms with Gasteiger partial charge >= 0.3 is 11.9 Å². The van der Waals surface area contributed by atoms with Crippen molar-refractivity contribution in [2.75, 3.05) is 32.2 Å². The van der Waals surface area contributed by atoms with E-state index in [0.717, 1.165) is 24.3 Å². The highest BCUT2D eigenvalue weighted by atomic mass is 32.2. The zero-order valence-corrected chi connectivity index (χ0v) is 32.3. The van der Waals surface area contributed by atoms with Crippen molar-refractivity contribution in [2.45, 2.75) is 9.79 Å². The molecule has 2 aromatic heterocycles. The van der Waals surface area contributed by atoms with Crippen LogP contribution in [-0.2, 0) is 30.2 Å². The smallest absolute Gasteiger partial charge is 0.335 e. The van der Waals surface area contributed by atoms with Crippen LogP contribution in [-0.4, -0.2) is 88.5 Å². The van der Waals surface area contributed by atoms with Gasteiger partial charge in [0.2, 0.25) is 23.8 Å². The number of nitrogens with zero attached hydrogens (tertiary/aromatic N) is 6. The first-order chi connectivity index (χ1) is 29.5. The Labute approximate surface area is 347 Å². The number of benzene rings is 4. The molecule has 0 unspecified atom stereocenters. The summed E-state index contributed by atoms with van der Waals surface area (Å²) in [6, 6.07) is 18.1. The van der Waals surface area contributed by atoms with Gasteiger partial charge in [0.15, 0.2) is 0 Å². The third kappa shape index (κ3) is 11.4. The third-order valence-electron chi connectivity index (χ3n) is 7.86. The van der Waals surface area contributed by atoms with Gasteiger partial charge in [0.25, 0.3) is 32.1 Å². The van der Waals surface area contributed by atoms with E-state index in [1.165, 1.54) is 72.8 Å². The fraction of sp³-hybridized carbons (Fsp3) is 0. The van der Waals surface area contributed by atoms with Crippen molar-refractivity contribution in [2.24, 2.45) is 0 Å². The molecule has 4 aromatic carbocycles. The Hall–Kier alpha value is -7.96. The fourth-order valence-corrected chi connectivity index (χ4v) is 6.60. The molecule has 0 bridgehead atoms. The Morgan fingerprint density at radius 3 is 1.05 bits per heavy atom. The minimum atomic E-state index is -4.96. The molecule has 2 heterocycles. The Bertz CT molecular complexity index is 2710. The Kier molecular flexibility index (Phi) is 13.0. The first-order valence-electron chi connectivity index (χ1n) is 16.8. The van der Waals surface area contributed by atoms with E-state index in [1.807, 2.05) is 11.0 Å². The van der Waals surface area contributed by atoms with E-state index in [1.54, 1.807) is 0 Å². The lowest BCUT2D eigenvalue weighted by atomic mass is 10.1. The van der Waals surface area contributed by atoms with Crippen LogP contribution in [0, 0.1) is 0 Å². The van der Waals surface area contributed by atoms with Crippen molar-refractivity contribution in [1.29, 1.82) is 0 Å². The number of carboxylic acid groups (broad SMARTS) is 2. The highest BCUT2D eigenvalue weighted by Crippen LogP contribution is 2.29. The molecule has 0 amide bonds. The molecule has 6 aromatic rings. The quantitative estimate of drug-likeness (QED) is 0.0240. The summed E-state index contributed by atoms with van der Waals surface area (Å²) in [6.45, 7) is 0. The average Bonchev–Trinajstić information content (AvgIpc) is 3.20. The van der Waals surface area contributed by atoms with Crippen LogP contribution < -0.4 is 32.2 Å². The highest BCUT2D eigenvalue weighted by Gasteiger charge is 2.19. The number of carboxylic acids is 2. The molecule has 12 N–H and O–H groups in total. The van der Waals surface area contributed by atoms with Crippen LogP contribution in [0.15, 0.2) is 94.7 Å². The third-order valence-corrected chi connectivity index (χ3v) is 9.68. The summed E-state index contributed by atoms with van der Waals surface area (Å²) in [5, 5.41) is 47.1. The molecule has 320 valence electrons. The van der Waals surface area contributed by atoms with Crippen molar-refractivity contribution < 1.29 is 66.2 Å². The number of anilines is 10. The van der Waals surface area contributed by atoms with E-state index in [0.29, 0.717) is 11.4 Å². The Morgan fingerprint density at radius 2 is 0.758 bits per heavy atom. The van der Waals surface area contributed by atoms with Crippen LogP contribution in [0.2, 0.25) is 0 Å². The topological polar surface area (TPSA) is 392 Å². The summed E-state index contributed by atoms with van der Waals surface area (Å²) in [4.78, 5) is 53.1. The molecule has 0 aliphatic rings. The van der Waals surface area contributed by atoms with Crippen LogP contribution in [0.25, 0.3) is 12.2 Å². The van der Waals surface area contributed by atoms with Crippen molar-refractivity contribution in [3.05, 3.63) is 107 Å². The second-order valence-electron chi connectivity index (χ2n) is 12.1. The number of aromatic nitrogens is 6. The monoisotopic (exact) mass is 892 g/mol. The molecule has 0 radical (unpaired) electrons. The minimum Gasteiger partial charge on any atom is -0.478 e. The van der Waals surface area contributed by atoms with Gasteiger partial charge in [-0.25, -0.2) is 31.1 Å². The minimum absolute atomic E-state index is 0.000607. The van der Waals surface area contributed by atoms with E-state index in [9.17, 15) is 35.5 Å². The van der Waals surface area contributed by atoms with Gasteiger partial charge in [-0.2, -0.15) is 46.7 Å². The van der Waals surface area contributed by atoms with E-state index in [4.69, 9.17) is 20.7 Å². The standard InChI is InChI=1S/C34H28N12O14S2/c47-27(48)19-5-9-21(10-6-19)35-29-39-31(43-33(41-29)45-59-51)37-23-13-3-17(25(15-23)61(53,54)55)1-2-18-4-14-24(16-26(18)62(56,57)58)38-32-40-30(42-34(44-32)46-60-52)36-22-11-7-20(8-12-22)28(49)50/h1-16,51-52H,(H,47,48)(H,49,50)(H,53,54,55)(H,56,57,58)(H3,35,37,39,41,43,45)(H3,36,38,40,42,44,46). The van der Waals surface area contributed by atoms with Gasteiger partial charge in [-0.1, -0.05) is 24.3 Å². The summed E-state index contributed by atoms with van der Waals surface area (Å²) >= 11 is 0. The lowest BCUT2D eigenvalue weighted by molar-refractivity contribution is -0.216. The Morgan fingerprint density at radius 1 is 0.468 bits per heavy atom. The molecule has 0 atom stereocenters. The molecule has 0 fully saturated rings. The number of hydrogen-bond donors (Lipinski definition) is 12. The normalized spacial score (nSPS) is 11.5. The molecule has 26 nitrogen and oxygen atoms in total. The van der Waals surface area contributed by atoms with Gasteiger partial charge in [-0.3, -0.25) is 9.11 Å². The van der Waals surface area contributed by atoms with Crippen LogP contribution >= 0.6 is 0 Å². The number of rotatable bonds is 18. The summed E-state index contributed by atoms with van der Waals surface area (Å²) in [5.41, 5.74) is 4.44. The summed E-state index contributed by atoms with van der Waals surface area (Å²) in [7, 11) is -9.93. The molecule has 6 rings (SSSR count). The Balaban J connectivity index is 1.25. The maximum absolute atomic E-state index is 12.5. The van der Waals surface area contributed by atoms with Gasteiger partial charge in [-0.15, -0.1) is 9.98 Å². The molecule has 0 saturated carbocycles. The van der Waals surface area contributed by atoms with E-state index >= 15 is 0 Å². The second kappa shape index (κ2) is 18.5. The van der Waals surface area contributed by atoms with Gasteiger partial charge in [0, 0.05) is 22.7 Å².